The van der Waals surface area contributed by atoms with Gasteiger partial charge >= 0.3 is 0 Å². The zero-order chi connectivity index (χ0) is 16.4. The first-order chi connectivity index (χ1) is 11.0. The van der Waals surface area contributed by atoms with Gasteiger partial charge < -0.3 is 5.32 Å². The molecular formula is C16H18F2N4O. The van der Waals surface area contributed by atoms with Crippen molar-refractivity contribution in [3.63, 3.8) is 0 Å². The summed E-state index contributed by atoms with van der Waals surface area (Å²) in [5.74, 6) is -1.86. The van der Waals surface area contributed by atoms with Crippen LogP contribution in [0.25, 0.3) is 0 Å². The van der Waals surface area contributed by atoms with Gasteiger partial charge in [0.2, 0.25) is 5.91 Å². The molecule has 0 unspecified atom stereocenters. The Balaban J connectivity index is 1.73. The van der Waals surface area contributed by atoms with Crippen molar-refractivity contribution in [3.8, 4) is 0 Å². The van der Waals surface area contributed by atoms with Gasteiger partial charge in [0, 0.05) is 24.5 Å². The predicted octanol–water partition coefficient (Wildman–Crippen LogP) is 1.79. The largest absolute Gasteiger partial charge is 0.351 e. The summed E-state index contributed by atoms with van der Waals surface area (Å²) in [4.78, 5) is 14.2. The number of likely N-dealkylation sites (N-methyl/N-ethyl adjacent to an activating group) is 1. The van der Waals surface area contributed by atoms with Crippen LogP contribution in [0.2, 0.25) is 0 Å². The monoisotopic (exact) mass is 320 g/mol. The Hall–Kier alpha value is -2.28. The van der Waals surface area contributed by atoms with E-state index in [2.05, 4.69) is 15.5 Å². The number of halogens is 2. The number of aromatic amines is 1. The average molecular weight is 320 g/mol. The molecule has 0 radical (unpaired) electrons. The maximum absolute atomic E-state index is 13.5. The van der Waals surface area contributed by atoms with E-state index in [1.165, 1.54) is 6.07 Å². The van der Waals surface area contributed by atoms with Gasteiger partial charge in [0.15, 0.2) is 11.6 Å². The third kappa shape index (κ3) is 3.39. The molecule has 2 aromatic rings. The van der Waals surface area contributed by atoms with Crippen LogP contribution in [0.1, 0.15) is 23.7 Å². The van der Waals surface area contributed by atoms with E-state index in [1.807, 2.05) is 11.9 Å². The van der Waals surface area contributed by atoms with Crippen LogP contribution in [0.3, 0.4) is 0 Å². The molecule has 0 bridgehead atoms. The van der Waals surface area contributed by atoms with Crippen LogP contribution >= 0.6 is 0 Å². The van der Waals surface area contributed by atoms with E-state index in [-0.39, 0.29) is 24.4 Å². The normalized spacial score (nSPS) is 21.5. The van der Waals surface area contributed by atoms with Crippen molar-refractivity contribution in [3.05, 3.63) is 53.4 Å². The van der Waals surface area contributed by atoms with Crippen LogP contribution in [0.4, 0.5) is 8.78 Å². The molecule has 2 N–H and O–H groups in total. The molecule has 0 spiro atoms. The van der Waals surface area contributed by atoms with Crippen molar-refractivity contribution in [2.75, 3.05) is 13.6 Å². The van der Waals surface area contributed by atoms with Crippen molar-refractivity contribution < 1.29 is 13.6 Å². The Morgan fingerprint density at radius 1 is 1.39 bits per heavy atom. The minimum absolute atomic E-state index is 0.123. The van der Waals surface area contributed by atoms with E-state index in [4.69, 9.17) is 0 Å². The minimum atomic E-state index is -0.870. The second kappa shape index (κ2) is 6.45. The summed E-state index contributed by atoms with van der Waals surface area (Å²) in [6.07, 6.45) is 2.57. The van der Waals surface area contributed by atoms with Gasteiger partial charge in [0.1, 0.15) is 0 Å². The molecule has 122 valence electrons. The summed E-state index contributed by atoms with van der Waals surface area (Å²) in [5, 5.41) is 9.54. The maximum atomic E-state index is 13.5. The number of nitrogens with one attached hydrogen (secondary N) is 2. The number of hydrogen-bond donors (Lipinski definition) is 2. The first-order valence-corrected chi connectivity index (χ1v) is 7.47. The van der Waals surface area contributed by atoms with Crippen molar-refractivity contribution >= 4 is 5.91 Å². The fraction of sp³-hybridized carbons (Fsp3) is 0.375. The van der Waals surface area contributed by atoms with Crippen molar-refractivity contribution in [2.45, 2.75) is 24.9 Å². The topological polar surface area (TPSA) is 61.0 Å². The Morgan fingerprint density at radius 3 is 2.91 bits per heavy atom. The molecule has 1 aromatic carbocycles. The molecule has 1 aliphatic heterocycles. The third-order valence-corrected chi connectivity index (χ3v) is 4.19. The molecule has 2 atom stereocenters. The highest BCUT2D eigenvalue weighted by atomic mass is 19.2. The number of H-pyrrole nitrogens is 1. The standard InChI is InChI=1S/C16H18F2N4O/c1-22-7-5-14(20-15(23)9-11-4-6-19-21-11)16(22)10-2-3-12(17)13(18)8-10/h2-4,6,8,14,16H,5,7,9H2,1H3,(H,19,21)(H,20,23)/t14-,16-/m0/s1. The van der Waals surface area contributed by atoms with Gasteiger partial charge in [0.05, 0.1) is 12.5 Å². The number of aromatic nitrogens is 2. The number of rotatable bonds is 4. The maximum Gasteiger partial charge on any atom is 0.226 e. The number of nitrogens with zero attached hydrogens (tertiary/aromatic N) is 2. The van der Waals surface area contributed by atoms with E-state index >= 15 is 0 Å². The summed E-state index contributed by atoms with van der Waals surface area (Å²) in [6.45, 7) is 0.776. The lowest BCUT2D eigenvalue weighted by Crippen LogP contribution is -2.39. The molecule has 1 aliphatic rings. The highest BCUT2D eigenvalue weighted by molar-refractivity contribution is 5.78. The third-order valence-electron chi connectivity index (χ3n) is 4.19. The molecule has 1 saturated heterocycles. The van der Waals surface area contributed by atoms with Crippen LogP contribution in [0, 0.1) is 11.6 Å². The molecule has 7 heteroatoms. The van der Waals surface area contributed by atoms with E-state index in [0.29, 0.717) is 5.56 Å². The van der Waals surface area contributed by atoms with Crippen LogP contribution < -0.4 is 5.32 Å². The van der Waals surface area contributed by atoms with Gasteiger partial charge in [-0.1, -0.05) is 6.07 Å². The van der Waals surface area contributed by atoms with E-state index in [0.717, 1.165) is 24.7 Å². The van der Waals surface area contributed by atoms with E-state index in [1.54, 1.807) is 18.3 Å². The fourth-order valence-corrected chi connectivity index (χ4v) is 3.10. The SMILES string of the molecule is CN1CC[C@H](NC(=O)Cc2ccn[nH]2)[C@@H]1c1ccc(F)c(F)c1. The average Bonchev–Trinajstić information content (AvgIpc) is 3.12. The lowest BCUT2D eigenvalue weighted by atomic mass is 9.99. The molecule has 5 nitrogen and oxygen atoms in total. The van der Waals surface area contributed by atoms with Crippen molar-refractivity contribution in [2.24, 2.45) is 0 Å². The van der Waals surface area contributed by atoms with Gasteiger partial charge in [-0.2, -0.15) is 5.10 Å². The highest BCUT2D eigenvalue weighted by Gasteiger charge is 2.34. The lowest BCUT2D eigenvalue weighted by molar-refractivity contribution is -0.121. The number of likely N-dealkylation sites (tertiary alicyclic amines) is 1. The number of amides is 1. The Labute approximate surface area is 132 Å². The summed E-state index contributed by atoms with van der Waals surface area (Å²) in [7, 11) is 1.91. The second-order valence-electron chi connectivity index (χ2n) is 5.82. The van der Waals surface area contributed by atoms with Gasteiger partial charge in [0.25, 0.3) is 0 Å². The number of hydrogen-bond acceptors (Lipinski definition) is 3. The second-order valence-corrected chi connectivity index (χ2v) is 5.82. The highest BCUT2D eigenvalue weighted by Crippen LogP contribution is 2.31. The summed E-state index contributed by atoms with van der Waals surface area (Å²) in [5.41, 5.74) is 1.40. The van der Waals surface area contributed by atoms with Crippen LogP contribution in [0.15, 0.2) is 30.5 Å². The molecule has 2 heterocycles. The quantitative estimate of drug-likeness (QED) is 0.903. The van der Waals surface area contributed by atoms with Crippen molar-refractivity contribution in [1.82, 2.24) is 20.4 Å². The zero-order valence-corrected chi connectivity index (χ0v) is 12.7. The number of carbonyl (C=O) groups is 1. The smallest absolute Gasteiger partial charge is 0.226 e. The number of carbonyl (C=O) groups excluding carboxylic acids is 1. The van der Waals surface area contributed by atoms with Gasteiger partial charge in [-0.25, -0.2) is 8.78 Å². The molecule has 1 amide bonds. The van der Waals surface area contributed by atoms with E-state index < -0.39 is 11.6 Å². The molecular weight excluding hydrogens is 302 g/mol. The van der Waals surface area contributed by atoms with Crippen LogP contribution in [-0.2, 0) is 11.2 Å². The van der Waals surface area contributed by atoms with Gasteiger partial charge in [-0.3, -0.25) is 14.8 Å². The van der Waals surface area contributed by atoms with Crippen LogP contribution in [-0.4, -0.2) is 40.6 Å². The van der Waals surface area contributed by atoms with Gasteiger partial charge in [-0.05, 0) is 37.2 Å². The summed E-state index contributed by atoms with van der Waals surface area (Å²) < 4.78 is 26.6. The molecule has 0 aliphatic carbocycles. The lowest BCUT2D eigenvalue weighted by Gasteiger charge is -2.26. The molecule has 0 saturated carbocycles. The van der Waals surface area contributed by atoms with Crippen molar-refractivity contribution in [1.29, 1.82) is 0 Å². The summed E-state index contributed by atoms with van der Waals surface area (Å²) in [6, 6.07) is 5.33. The Morgan fingerprint density at radius 2 is 2.22 bits per heavy atom. The summed E-state index contributed by atoms with van der Waals surface area (Å²) >= 11 is 0. The number of benzene rings is 1. The Kier molecular flexibility index (Phi) is 4.38. The zero-order valence-electron chi connectivity index (χ0n) is 12.7. The Bertz CT molecular complexity index is 689. The minimum Gasteiger partial charge on any atom is -0.351 e. The molecule has 23 heavy (non-hydrogen) atoms. The first kappa shape index (κ1) is 15.6. The van der Waals surface area contributed by atoms with Gasteiger partial charge in [-0.15, -0.1) is 0 Å². The molecule has 1 aromatic heterocycles. The predicted molar refractivity (Wildman–Crippen MR) is 80.6 cm³/mol. The molecule has 3 rings (SSSR count). The fourth-order valence-electron chi connectivity index (χ4n) is 3.10. The van der Waals surface area contributed by atoms with Crippen LogP contribution in [0.5, 0.6) is 0 Å². The van der Waals surface area contributed by atoms with E-state index in [9.17, 15) is 13.6 Å². The first-order valence-electron chi connectivity index (χ1n) is 7.47. The molecule has 1 fully saturated rings.